The molecule has 1 aliphatic rings. The highest BCUT2D eigenvalue weighted by atomic mass is 35.5. The van der Waals surface area contributed by atoms with Crippen LogP contribution in [0, 0.1) is 0 Å². The number of rotatable bonds is 5. The molecular weight excluding hydrogens is 336 g/mol. The van der Waals surface area contributed by atoms with Gasteiger partial charge < -0.3 is 5.32 Å². The van der Waals surface area contributed by atoms with Crippen LogP contribution in [0.2, 0.25) is 4.47 Å². The molecule has 9 heteroatoms. The maximum atomic E-state index is 12.1. The topological polar surface area (TPSA) is 88.5 Å². The second kappa shape index (κ2) is 5.78. The first-order chi connectivity index (χ1) is 11.2. The van der Waals surface area contributed by atoms with Crippen LogP contribution in [0.3, 0.4) is 0 Å². The van der Waals surface area contributed by atoms with E-state index in [-0.39, 0.29) is 12.3 Å². The van der Waals surface area contributed by atoms with Crippen LogP contribution in [0.5, 0.6) is 0 Å². The number of anilines is 1. The zero-order chi connectivity index (χ0) is 15.8. The summed E-state index contributed by atoms with van der Waals surface area (Å²) in [7, 11) is 0. The number of halogens is 1. The average molecular weight is 349 g/mol. The van der Waals surface area contributed by atoms with Crippen molar-refractivity contribution < 1.29 is 4.79 Å². The van der Waals surface area contributed by atoms with Gasteiger partial charge in [-0.25, -0.2) is 9.67 Å². The third-order valence-corrected chi connectivity index (χ3v) is 4.55. The number of carbonyl (C=O) groups is 1. The minimum Gasteiger partial charge on any atom is -0.309 e. The third-order valence-electron chi connectivity index (χ3n) is 3.58. The molecule has 23 heavy (non-hydrogen) atoms. The molecule has 3 heterocycles. The molecule has 4 rings (SSSR count). The van der Waals surface area contributed by atoms with Crippen LogP contribution in [0.1, 0.15) is 30.0 Å². The van der Waals surface area contributed by atoms with Gasteiger partial charge in [0.25, 0.3) is 0 Å². The molecule has 0 unspecified atom stereocenters. The highest BCUT2D eigenvalue weighted by molar-refractivity contribution is 7.14. The van der Waals surface area contributed by atoms with Gasteiger partial charge in [0, 0.05) is 29.3 Å². The monoisotopic (exact) mass is 348 g/mol. The molecule has 0 aliphatic heterocycles. The van der Waals surface area contributed by atoms with Crippen molar-refractivity contribution in [3.05, 3.63) is 39.6 Å². The molecule has 0 spiro atoms. The Morgan fingerprint density at radius 3 is 3.13 bits per heavy atom. The molecule has 0 saturated heterocycles. The molecule has 1 saturated carbocycles. The zero-order valence-corrected chi connectivity index (χ0v) is 13.6. The van der Waals surface area contributed by atoms with E-state index in [9.17, 15) is 4.79 Å². The Bertz CT molecular complexity index is 849. The standard InChI is InChI=1S/C14H13ClN6OS/c15-14-18-12(7-23-14)21-6-8(5-16-21)3-13(22)17-11-4-10(19-20-11)9-1-2-9/h4-7,9H,1-3H2,(H2,17,19,20,22). The van der Waals surface area contributed by atoms with Gasteiger partial charge in [0.1, 0.15) is 0 Å². The Labute approximate surface area is 140 Å². The molecule has 1 fully saturated rings. The Morgan fingerprint density at radius 1 is 1.52 bits per heavy atom. The molecule has 2 N–H and O–H groups in total. The molecule has 0 radical (unpaired) electrons. The summed E-state index contributed by atoms with van der Waals surface area (Å²) in [4.78, 5) is 16.2. The van der Waals surface area contributed by atoms with Gasteiger partial charge >= 0.3 is 0 Å². The lowest BCUT2D eigenvalue weighted by Gasteiger charge is -1.99. The van der Waals surface area contributed by atoms with Crippen molar-refractivity contribution >= 4 is 34.7 Å². The summed E-state index contributed by atoms with van der Waals surface area (Å²) in [6.07, 6.45) is 6.02. The largest absolute Gasteiger partial charge is 0.309 e. The van der Waals surface area contributed by atoms with E-state index < -0.39 is 0 Å². The Hall–Kier alpha value is -2.19. The quantitative estimate of drug-likeness (QED) is 0.742. The van der Waals surface area contributed by atoms with E-state index >= 15 is 0 Å². The van der Waals surface area contributed by atoms with Gasteiger partial charge in [-0.05, 0) is 18.4 Å². The number of nitrogens with zero attached hydrogens (tertiary/aromatic N) is 4. The van der Waals surface area contributed by atoms with Crippen LogP contribution >= 0.6 is 22.9 Å². The number of nitrogens with one attached hydrogen (secondary N) is 2. The number of H-pyrrole nitrogens is 1. The number of carbonyl (C=O) groups excluding carboxylic acids is 1. The van der Waals surface area contributed by atoms with E-state index in [1.807, 2.05) is 11.4 Å². The Balaban J connectivity index is 1.39. The number of aromatic nitrogens is 5. The Morgan fingerprint density at radius 2 is 2.39 bits per heavy atom. The first-order valence-electron chi connectivity index (χ1n) is 7.17. The smallest absolute Gasteiger partial charge is 0.230 e. The second-order valence-electron chi connectivity index (χ2n) is 5.46. The minimum atomic E-state index is -0.130. The van der Waals surface area contributed by atoms with E-state index in [4.69, 9.17) is 11.6 Å². The summed E-state index contributed by atoms with van der Waals surface area (Å²) in [6, 6.07) is 1.90. The van der Waals surface area contributed by atoms with Gasteiger partial charge in [0.2, 0.25) is 5.91 Å². The first-order valence-corrected chi connectivity index (χ1v) is 8.43. The van der Waals surface area contributed by atoms with E-state index in [1.165, 1.54) is 24.2 Å². The van der Waals surface area contributed by atoms with Crippen LogP contribution in [-0.4, -0.2) is 30.9 Å². The molecule has 118 valence electrons. The zero-order valence-electron chi connectivity index (χ0n) is 12.0. The molecule has 0 bridgehead atoms. The van der Waals surface area contributed by atoms with Crippen molar-refractivity contribution in [1.29, 1.82) is 0 Å². The molecule has 0 atom stereocenters. The maximum absolute atomic E-state index is 12.1. The van der Waals surface area contributed by atoms with Crippen molar-refractivity contribution in [2.75, 3.05) is 5.32 Å². The molecule has 3 aromatic heterocycles. The van der Waals surface area contributed by atoms with E-state index in [0.29, 0.717) is 22.0 Å². The summed E-state index contributed by atoms with van der Waals surface area (Å²) >= 11 is 7.15. The number of hydrogen-bond acceptors (Lipinski definition) is 5. The van der Waals surface area contributed by atoms with Gasteiger partial charge in [-0.1, -0.05) is 11.6 Å². The van der Waals surface area contributed by atoms with Crippen LogP contribution in [0.4, 0.5) is 5.82 Å². The fourth-order valence-corrected chi connectivity index (χ4v) is 3.03. The summed E-state index contributed by atoms with van der Waals surface area (Å²) in [6.45, 7) is 0. The maximum Gasteiger partial charge on any atom is 0.230 e. The van der Waals surface area contributed by atoms with Gasteiger partial charge in [0.15, 0.2) is 16.1 Å². The van der Waals surface area contributed by atoms with Crippen molar-refractivity contribution in [1.82, 2.24) is 25.0 Å². The highest BCUT2D eigenvalue weighted by Gasteiger charge is 2.25. The molecule has 1 aliphatic carbocycles. The van der Waals surface area contributed by atoms with Gasteiger partial charge in [-0.15, -0.1) is 11.3 Å². The SMILES string of the molecule is O=C(Cc1cnn(-c2csc(Cl)n2)c1)Nc1cc(C2CC2)[nH]n1. The number of aromatic amines is 1. The van der Waals surface area contributed by atoms with Gasteiger partial charge in [-0.3, -0.25) is 9.89 Å². The van der Waals surface area contributed by atoms with Gasteiger partial charge in [-0.2, -0.15) is 10.2 Å². The predicted molar refractivity (Wildman–Crippen MR) is 87.1 cm³/mol. The lowest BCUT2D eigenvalue weighted by Crippen LogP contribution is -2.14. The fraction of sp³-hybridized carbons (Fsp3) is 0.286. The minimum absolute atomic E-state index is 0.130. The van der Waals surface area contributed by atoms with E-state index in [1.54, 1.807) is 17.1 Å². The normalized spacial score (nSPS) is 14.1. The highest BCUT2D eigenvalue weighted by Crippen LogP contribution is 2.39. The van der Waals surface area contributed by atoms with Crippen LogP contribution < -0.4 is 5.32 Å². The van der Waals surface area contributed by atoms with Crippen LogP contribution in [-0.2, 0) is 11.2 Å². The van der Waals surface area contributed by atoms with Crippen LogP contribution in [0.25, 0.3) is 5.82 Å². The molecule has 3 aromatic rings. The van der Waals surface area contributed by atoms with Gasteiger partial charge in [0.05, 0.1) is 12.6 Å². The van der Waals surface area contributed by atoms with Crippen molar-refractivity contribution in [2.24, 2.45) is 0 Å². The van der Waals surface area contributed by atoms with Crippen LogP contribution in [0.15, 0.2) is 23.8 Å². The number of thiazole rings is 1. The summed E-state index contributed by atoms with van der Waals surface area (Å²) < 4.78 is 2.06. The number of hydrogen-bond donors (Lipinski definition) is 2. The fourth-order valence-electron chi connectivity index (χ4n) is 2.30. The van der Waals surface area contributed by atoms with Crippen molar-refractivity contribution in [3.8, 4) is 5.82 Å². The molecular formula is C14H13ClN6OS. The summed E-state index contributed by atoms with van der Waals surface area (Å²) in [5.74, 6) is 1.66. The summed E-state index contributed by atoms with van der Waals surface area (Å²) in [5.41, 5.74) is 1.89. The predicted octanol–water partition coefficient (Wildman–Crippen LogP) is 2.76. The first kappa shape index (κ1) is 14.4. The third kappa shape index (κ3) is 3.27. The van der Waals surface area contributed by atoms with Crippen molar-refractivity contribution in [2.45, 2.75) is 25.2 Å². The Kier molecular flexibility index (Phi) is 3.62. The summed E-state index contributed by atoms with van der Waals surface area (Å²) in [5, 5.41) is 15.9. The van der Waals surface area contributed by atoms with Crippen molar-refractivity contribution in [3.63, 3.8) is 0 Å². The molecule has 7 nitrogen and oxygen atoms in total. The molecule has 0 aromatic carbocycles. The number of amides is 1. The lowest BCUT2D eigenvalue weighted by atomic mass is 10.2. The van der Waals surface area contributed by atoms with E-state index in [2.05, 4.69) is 25.6 Å². The molecule has 1 amide bonds. The van der Waals surface area contributed by atoms with E-state index in [0.717, 1.165) is 11.3 Å². The lowest BCUT2D eigenvalue weighted by molar-refractivity contribution is -0.115. The average Bonchev–Trinajstić information content (AvgIpc) is 2.91. The second-order valence-corrected chi connectivity index (χ2v) is 6.90.